The SMILES string of the molecule is CCCNc1cc(C(C)(C)C)nc2c(Cl)cc(Br)cc12. The average Bonchev–Trinajstić information content (AvgIpc) is 2.34. The van der Waals surface area contributed by atoms with E-state index in [4.69, 9.17) is 16.6 Å². The van der Waals surface area contributed by atoms with Gasteiger partial charge in [0.15, 0.2) is 0 Å². The molecule has 0 atom stereocenters. The van der Waals surface area contributed by atoms with E-state index >= 15 is 0 Å². The molecule has 1 N–H and O–H groups in total. The standard InChI is InChI=1S/C16H20BrClN2/c1-5-6-19-13-9-14(16(2,3)4)20-15-11(13)7-10(17)8-12(15)18/h7-9H,5-6H2,1-4H3,(H,19,20). The molecule has 1 aromatic carbocycles. The zero-order valence-electron chi connectivity index (χ0n) is 12.3. The number of hydrogen-bond acceptors (Lipinski definition) is 2. The first-order valence-electron chi connectivity index (χ1n) is 6.87. The van der Waals surface area contributed by atoms with Gasteiger partial charge in [-0.25, -0.2) is 0 Å². The van der Waals surface area contributed by atoms with Crippen LogP contribution in [-0.4, -0.2) is 11.5 Å². The molecule has 0 aliphatic carbocycles. The Hall–Kier alpha value is -0.800. The highest BCUT2D eigenvalue weighted by Crippen LogP contribution is 2.34. The van der Waals surface area contributed by atoms with Crippen molar-refractivity contribution in [3.05, 3.63) is 33.4 Å². The van der Waals surface area contributed by atoms with Crippen molar-refractivity contribution in [1.29, 1.82) is 0 Å². The lowest BCUT2D eigenvalue weighted by Crippen LogP contribution is -2.14. The highest BCUT2D eigenvalue weighted by atomic mass is 79.9. The van der Waals surface area contributed by atoms with Crippen molar-refractivity contribution in [3.8, 4) is 0 Å². The van der Waals surface area contributed by atoms with Crippen molar-refractivity contribution in [2.24, 2.45) is 0 Å². The van der Waals surface area contributed by atoms with Crippen LogP contribution in [0.25, 0.3) is 10.9 Å². The van der Waals surface area contributed by atoms with Gasteiger partial charge in [-0.1, -0.05) is 55.2 Å². The zero-order chi connectivity index (χ0) is 14.9. The lowest BCUT2D eigenvalue weighted by atomic mass is 9.90. The highest BCUT2D eigenvalue weighted by molar-refractivity contribution is 9.10. The summed E-state index contributed by atoms with van der Waals surface area (Å²) in [6.07, 6.45) is 1.08. The van der Waals surface area contributed by atoms with Crippen molar-refractivity contribution < 1.29 is 0 Å². The molecule has 1 aromatic heterocycles. The molecule has 2 rings (SSSR count). The van der Waals surface area contributed by atoms with Crippen molar-refractivity contribution in [2.75, 3.05) is 11.9 Å². The molecule has 0 saturated carbocycles. The number of benzene rings is 1. The fraction of sp³-hybridized carbons (Fsp3) is 0.438. The number of hydrogen-bond donors (Lipinski definition) is 1. The number of rotatable bonds is 3. The molecule has 108 valence electrons. The second-order valence-electron chi connectivity index (χ2n) is 6.02. The summed E-state index contributed by atoms with van der Waals surface area (Å²) in [6, 6.07) is 6.10. The number of aromatic nitrogens is 1. The Bertz CT molecular complexity index is 632. The molecule has 2 nitrogen and oxygen atoms in total. The van der Waals surface area contributed by atoms with Crippen LogP contribution in [0.3, 0.4) is 0 Å². The average molecular weight is 356 g/mol. The number of pyridine rings is 1. The third kappa shape index (κ3) is 3.26. The smallest absolute Gasteiger partial charge is 0.0913 e. The molecule has 1 heterocycles. The molecule has 0 aliphatic rings. The van der Waals surface area contributed by atoms with Crippen LogP contribution in [-0.2, 0) is 5.41 Å². The first kappa shape index (κ1) is 15.6. The van der Waals surface area contributed by atoms with E-state index in [2.05, 4.69) is 61.1 Å². The molecular formula is C16H20BrClN2. The number of fused-ring (bicyclic) bond motifs is 1. The quantitative estimate of drug-likeness (QED) is 0.756. The molecular weight excluding hydrogens is 336 g/mol. The monoisotopic (exact) mass is 354 g/mol. The Kier molecular flexibility index (Phi) is 4.60. The maximum atomic E-state index is 6.37. The Morgan fingerprint density at radius 1 is 1.25 bits per heavy atom. The molecule has 2 aromatic rings. The van der Waals surface area contributed by atoms with Crippen LogP contribution in [0.15, 0.2) is 22.7 Å². The molecule has 4 heteroatoms. The van der Waals surface area contributed by atoms with E-state index in [-0.39, 0.29) is 5.41 Å². The number of anilines is 1. The molecule has 0 saturated heterocycles. The maximum absolute atomic E-state index is 6.37. The van der Waals surface area contributed by atoms with Gasteiger partial charge in [0.05, 0.1) is 10.5 Å². The van der Waals surface area contributed by atoms with Crippen LogP contribution < -0.4 is 5.32 Å². The lowest BCUT2D eigenvalue weighted by Gasteiger charge is -2.21. The van der Waals surface area contributed by atoms with Crippen molar-refractivity contribution >= 4 is 44.1 Å². The van der Waals surface area contributed by atoms with Gasteiger partial charge in [0.2, 0.25) is 0 Å². The van der Waals surface area contributed by atoms with Gasteiger partial charge in [-0.05, 0) is 24.6 Å². The van der Waals surface area contributed by atoms with Gasteiger partial charge in [-0.3, -0.25) is 4.98 Å². The minimum absolute atomic E-state index is 0.00671. The Morgan fingerprint density at radius 3 is 2.55 bits per heavy atom. The van der Waals surface area contributed by atoms with Gasteiger partial charge >= 0.3 is 0 Å². The molecule has 20 heavy (non-hydrogen) atoms. The number of halogens is 2. The van der Waals surface area contributed by atoms with E-state index in [1.807, 2.05) is 6.07 Å². The van der Waals surface area contributed by atoms with Gasteiger partial charge in [0.25, 0.3) is 0 Å². The minimum atomic E-state index is -0.00671. The van der Waals surface area contributed by atoms with Crippen LogP contribution >= 0.6 is 27.5 Å². The fourth-order valence-corrected chi connectivity index (χ4v) is 2.89. The van der Waals surface area contributed by atoms with Crippen LogP contribution in [0.2, 0.25) is 5.02 Å². The lowest BCUT2D eigenvalue weighted by molar-refractivity contribution is 0.572. The summed E-state index contributed by atoms with van der Waals surface area (Å²) in [5.74, 6) is 0. The molecule has 0 aliphatic heterocycles. The second-order valence-corrected chi connectivity index (χ2v) is 7.34. The van der Waals surface area contributed by atoms with Crippen molar-refractivity contribution in [2.45, 2.75) is 39.5 Å². The largest absolute Gasteiger partial charge is 0.384 e. The van der Waals surface area contributed by atoms with E-state index in [0.29, 0.717) is 5.02 Å². The van der Waals surface area contributed by atoms with Crippen molar-refractivity contribution in [1.82, 2.24) is 4.98 Å². The molecule has 0 bridgehead atoms. The van der Waals surface area contributed by atoms with E-state index in [0.717, 1.165) is 39.7 Å². The van der Waals surface area contributed by atoms with Gasteiger partial charge in [0, 0.05) is 33.2 Å². The van der Waals surface area contributed by atoms with E-state index in [1.54, 1.807) is 0 Å². The molecule has 0 amide bonds. The van der Waals surface area contributed by atoms with Crippen molar-refractivity contribution in [3.63, 3.8) is 0 Å². The van der Waals surface area contributed by atoms with Crippen LogP contribution in [0.4, 0.5) is 5.69 Å². The van der Waals surface area contributed by atoms with Gasteiger partial charge in [-0.15, -0.1) is 0 Å². The van der Waals surface area contributed by atoms with E-state index in [1.165, 1.54) is 0 Å². The predicted molar refractivity (Wildman–Crippen MR) is 91.9 cm³/mol. The molecule has 0 radical (unpaired) electrons. The maximum Gasteiger partial charge on any atom is 0.0913 e. The molecule has 0 fully saturated rings. The van der Waals surface area contributed by atoms with Crippen LogP contribution in [0.5, 0.6) is 0 Å². The number of nitrogens with one attached hydrogen (secondary N) is 1. The summed E-state index contributed by atoms with van der Waals surface area (Å²) in [6.45, 7) is 9.59. The fourth-order valence-electron chi connectivity index (χ4n) is 2.04. The Labute approximate surface area is 134 Å². The minimum Gasteiger partial charge on any atom is -0.384 e. The van der Waals surface area contributed by atoms with E-state index in [9.17, 15) is 0 Å². The van der Waals surface area contributed by atoms with Crippen LogP contribution in [0, 0.1) is 0 Å². The summed E-state index contributed by atoms with van der Waals surface area (Å²) < 4.78 is 0.972. The first-order valence-corrected chi connectivity index (χ1v) is 8.04. The highest BCUT2D eigenvalue weighted by Gasteiger charge is 2.19. The predicted octanol–water partition coefficient (Wildman–Crippen LogP) is 5.77. The third-order valence-electron chi connectivity index (χ3n) is 3.17. The summed E-state index contributed by atoms with van der Waals surface area (Å²) in [4.78, 5) is 4.76. The zero-order valence-corrected chi connectivity index (χ0v) is 14.7. The normalized spacial score (nSPS) is 11.9. The van der Waals surface area contributed by atoms with Gasteiger partial charge in [-0.2, -0.15) is 0 Å². The van der Waals surface area contributed by atoms with Gasteiger partial charge in [0.1, 0.15) is 0 Å². The second kappa shape index (κ2) is 5.90. The summed E-state index contributed by atoms with van der Waals surface area (Å²) in [7, 11) is 0. The Balaban J connectivity index is 2.71. The van der Waals surface area contributed by atoms with Crippen LogP contribution in [0.1, 0.15) is 39.8 Å². The topological polar surface area (TPSA) is 24.9 Å². The van der Waals surface area contributed by atoms with Gasteiger partial charge < -0.3 is 5.32 Å². The first-order chi connectivity index (χ1) is 9.32. The number of nitrogens with zero attached hydrogens (tertiary/aromatic N) is 1. The summed E-state index contributed by atoms with van der Waals surface area (Å²) >= 11 is 9.87. The molecule has 0 spiro atoms. The van der Waals surface area contributed by atoms with E-state index < -0.39 is 0 Å². The molecule has 0 unspecified atom stereocenters. The third-order valence-corrected chi connectivity index (χ3v) is 3.91. The Morgan fingerprint density at radius 2 is 1.95 bits per heavy atom. The summed E-state index contributed by atoms with van der Waals surface area (Å²) in [5.41, 5.74) is 3.01. The summed E-state index contributed by atoms with van der Waals surface area (Å²) in [5, 5.41) is 5.23.